The number of nitrogens with one attached hydrogen (secondary N) is 2. The second kappa shape index (κ2) is 6.57. The Morgan fingerprint density at radius 1 is 1.25 bits per heavy atom. The Kier molecular flexibility index (Phi) is 5.57. The van der Waals surface area contributed by atoms with Crippen LogP contribution in [-0.2, 0) is 9.59 Å². The first kappa shape index (κ1) is 17.0. The first-order chi connectivity index (χ1) is 9.15. The molecule has 0 aromatic rings. The van der Waals surface area contributed by atoms with Crippen molar-refractivity contribution in [2.75, 3.05) is 13.1 Å². The van der Waals surface area contributed by atoms with Gasteiger partial charge >= 0.3 is 5.97 Å². The van der Waals surface area contributed by atoms with Gasteiger partial charge in [0.1, 0.15) is 0 Å². The van der Waals surface area contributed by atoms with E-state index in [1.807, 2.05) is 20.8 Å². The lowest BCUT2D eigenvalue weighted by Crippen LogP contribution is -2.49. The molecular formula is C15H28N2O3. The Morgan fingerprint density at radius 2 is 1.80 bits per heavy atom. The molecule has 0 aliphatic heterocycles. The Balaban J connectivity index is 2.48. The summed E-state index contributed by atoms with van der Waals surface area (Å²) >= 11 is 0. The molecule has 0 aromatic heterocycles. The van der Waals surface area contributed by atoms with E-state index in [-0.39, 0.29) is 24.5 Å². The maximum absolute atomic E-state index is 11.8. The predicted octanol–water partition coefficient (Wildman–Crippen LogP) is 1.77. The molecule has 1 fully saturated rings. The van der Waals surface area contributed by atoms with Crippen LogP contribution in [0, 0.1) is 11.3 Å². The number of hydrogen-bond donors (Lipinski definition) is 3. The van der Waals surface area contributed by atoms with E-state index in [0.717, 1.165) is 12.8 Å². The molecule has 0 heterocycles. The van der Waals surface area contributed by atoms with Gasteiger partial charge in [-0.15, -0.1) is 0 Å². The van der Waals surface area contributed by atoms with Crippen LogP contribution in [0.25, 0.3) is 0 Å². The molecule has 5 heteroatoms. The van der Waals surface area contributed by atoms with Gasteiger partial charge in [-0.05, 0) is 52.4 Å². The highest BCUT2D eigenvalue weighted by molar-refractivity contribution is 5.80. The summed E-state index contributed by atoms with van der Waals surface area (Å²) in [7, 11) is 0. The van der Waals surface area contributed by atoms with Crippen LogP contribution in [0.3, 0.4) is 0 Å². The van der Waals surface area contributed by atoms with Gasteiger partial charge in [0, 0.05) is 12.1 Å². The number of carbonyl (C=O) groups excluding carboxylic acids is 1. The van der Waals surface area contributed by atoms with Gasteiger partial charge in [-0.1, -0.05) is 6.92 Å². The minimum atomic E-state index is -0.784. The molecule has 1 aliphatic rings. The van der Waals surface area contributed by atoms with Crippen molar-refractivity contribution in [1.82, 2.24) is 10.6 Å². The Hall–Kier alpha value is -1.10. The molecule has 116 valence electrons. The van der Waals surface area contributed by atoms with Gasteiger partial charge < -0.3 is 15.7 Å². The van der Waals surface area contributed by atoms with Crippen LogP contribution >= 0.6 is 0 Å². The van der Waals surface area contributed by atoms with Gasteiger partial charge in [0.15, 0.2) is 0 Å². The fourth-order valence-electron chi connectivity index (χ4n) is 2.46. The monoisotopic (exact) mass is 284 g/mol. The molecule has 0 saturated heterocycles. The smallest absolute Gasteiger partial charge is 0.311 e. The van der Waals surface area contributed by atoms with Gasteiger partial charge in [-0.3, -0.25) is 9.59 Å². The number of carboxylic acids is 1. The number of rotatable bonds is 5. The summed E-state index contributed by atoms with van der Waals surface area (Å²) in [6, 6.07) is 0. The normalized spacial score (nSPS) is 27.1. The SMILES string of the molecule is CC1CCC(CNC(=O)CNC(C)(C)C)(C(=O)O)CC1. The zero-order chi connectivity index (χ0) is 15.4. The second-order valence-corrected chi connectivity index (χ2v) is 7.15. The van der Waals surface area contributed by atoms with Gasteiger partial charge in [-0.25, -0.2) is 0 Å². The van der Waals surface area contributed by atoms with Crippen molar-refractivity contribution in [3.63, 3.8) is 0 Å². The third-order valence-electron chi connectivity index (χ3n) is 4.09. The van der Waals surface area contributed by atoms with Crippen LogP contribution in [-0.4, -0.2) is 35.6 Å². The maximum atomic E-state index is 11.8. The first-order valence-electron chi connectivity index (χ1n) is 7.40. The van der Waals surface area contributed by atoms with Crippen molar-refractivity contribution < 1.29 is 14.7 Å². The Bertz CT molecular complexity index is 353. The summed E-state index contributed by atoms with van der Waals surface area (Å²) in [5.74, 6) is -0.339. The van der Waals surface area contributed by atoms with Crippen molar-refractivity contribution in [2.45, 2.75) is 58.9 Å². The molecule has 0 aromatic carbocycles. The van der Waals surface area contributed by atoms with E-state index < -0.39 is 11.4 Å². The molecule has 1 rings (SSSR count). The minimum Gasteiger partial charge on any atom is -0.481 e. The van der Waals surface area contributed by atoms with Crippen LogP contribution < -0.4 is 10.6 Å². The standard InChI is InChI=1S/C15H28N2O3/c1-11-5-7-15(8-6-11,13(19)20)10-16-12(18)9-17-14(2,3)4/h11,17H,5-10H2,1-4H3,(H,16,18)(H,19,20). The third-order valence-corrected chi connectivity index (χ3v) is 4.09. The fraction of sp³-hybridized carbons (Fsp3) is 0.867. The molecule has 1 saturated carbocycles. The highest BCUT2D eigenvalue weighted by Crippen LogP contribution is 2.38. The molecule has 0 radical (unpaired) electrons. The van der Waals surface area contributed by atoms with Gasteiger partial charge in [-0.2, -0.15) is 0 Å². The highest BCUT2D eigenvalue weighted by Gasteiger charge is 2.41. The lowest BCUT2D eigenvalue weighted by molar-refractivity contribution is -0.151. The number of carboxylic acid groups (broad SMARTS) is 1. The number of aliphatic carboxylic acids is 1. The van der Waals surface area contributed by atoms with E-state index in [1.54, 1.807) is 0 Å². The van der Waals surface area contributed by atoms with Gasteiger partial charge in [0.25, 0.3) is 0 Å². The summed E-state index contributed by atoms with van der Waals surface area (Å²) in [6.45, 7) is 8.57. The number of carbonyl (C=O) groups is 2. The average Bonchev–Trinajstić information content (AvgIpc) is 2.35. The third kappa shape index (κ3) is 5.12. The topological polar surface area (TPSA) is 78.4 Å². The van der Waals surface area contributed by atoms with E-state index in [4.69, 9.17) is 0 Å². The average molecular weight is 284 g/mol. The second-order valence-electron chi connectivity index (χ2n) is 7.15. The molecular weight excluding hydrogens is 256 g/mol. The summed E-state index contributed by atoms with van der Waals surface area (Å²) < 4.78 is 0. The molecule has 3 N–H and O–H groups in total. The van der Waals surface area contributed by atoms with E-state index in [1.165, 1.54) is 0 Å². The Labute approximate surface area is 121 Å². The maximum Gasteiger partial charge on any atom is 0.311 e. The molecule has 1 amide bonds. The van der Waals surface area contributed by atoms with Crippen molar-refractivity contribution in [1.29, 1.82) is 0 Å². The molecule has 0 spiro atoms. The summed E-state index contributed by atoms with van der Waals surface area (Å²) in [6.07, 6.45) is 3.14. The molecule has 0 unspecified atom stereocenters. The van der Waals surface area contributed by atoms with Crippen molar-refractivity contribution in [2.24, 2.45) is 11.3 Å². The van der Waals surface area contributed by atoms with Crippen molar-refractivity contribution in [3.8, 4) is 0 Å². The molecule has 0 atom stereocenters. The van der Waals surface area contributed by atoms with E-state index >= 15 is 0 Å². The van der Waals surface area contributed by atoms with Crippen LogP contribution in [0.4, 0.5) is 0 Å². The molecule has 20 heavy (non-hydrogen) atoms. The summed E-state index contributed by atoms with van der Waals surface area (Å²) in [4.78, 5) is 23.3. The number of hydrogen-bond acceptors (Lipinski definition) is 3. The number of amides is 1. The van der Waals surface area contributed by atoms with E-state index in [2.05, 4.69) is 17.6 Å². The Morgan fingerprint density at radius 3 is 2.25 bits per heavy atom. The fourth-order valence-corrected chi connectivity index (χ4v) is 2.46. The van der Waals surface area contributed by atoms with Crippen LogP contribution in [0.1, 0.15) is 53.4 Å². The van der Waals surface area contributed by atoms with Crippen LogP contribution in [0.5, 0.6) is 0 Å². The zero-order valence-corrected chi connectivity index (χ0v) is 13.1. The molecule has 0 bridgehead atoms. The zero-order valence-electron chi connectivity index (χ0n) is 13.1. The van der Waals surface area contributed by atoms with Gasteiger partial charge in [0.2, 0.25) is 5.91 Å². The molecule has 5 nitrogen and oxygen atoms in total. The summed E-state index contributed by atoms with van der Waals surface area (Å²) in [5.41, 5.74) is -0.897. The minimum absolute atomic E-state index is 0.123. The largest absolute Gasteiger partial charge is 0.481 e. The van der Waals surface area contributed by atoms with E-state index in [9.17, 15) is 14.7 Å². The van der Waals surface area contributed by atoms with Gasteiger partial charge in [0.05, 0.1) is 12.0 Å². The van der Waals surface area contributed by atoms with Crippen molar-refractivity contribution in [3.05, 3.63) is 0 Å². The van der Waals surface area contributed by atoms with Crippen LogP contribution in [0.15, 0.2) is 0 Å². The first-order valence-corrected chi connectivity index (χ1v) is 7.40. The quantitative estimate of drug-likeness (QED) is 0.719. The van der Waals surface area contributed by atoms with Crippen molar-refractivity contribution >= 4 is 11.9 Å². The highest BCUT2D eigenvalue weighted by atomic mass is 16.4. The summed E-state index contributed by atoms with van der Waals surface area (Å²) in [5, 5.41) is 15.4. The molecule has 1 aliphatic carbocycles. The van der Waals surface area contributed by atoms with Crippen LogP contribution in [0.2, 0.25) is 0 Å². The lowest BCUT2D eigenvalue weighted by Gasteiger charge is -2.35. The predicted molar refractivity (Wildman–Crippen MR) is 78.5 cm³/mol. The van der Waals surface area contributed by atoms with E-state index in [0.29, 0.717) is 18.8 Å². The lowest BCUT2D eigenvalue weighted by atomic mass is 9.71.